The average Bonchev–Trinajstić information content (AvgIpc) is 2.91. The first-order valence-corrected chi connectivity index (χ1v) is 6.54. The lowest BCUT2D eigenvalue weighted by Gasteiger charge is -2.10. The van der Waals surface area contributed by atoms with E-state index in [4.69, 9.17) is 10.3 Å². The van der Waals surface area contributed by atoms with E-state index in [0.717, 1.165) is 5.76 Å². The molecule has 3 aromatic rings. The molecule has 0 fully saturated rings. The van der Waals surface area contributed by atoms with Crippen LogP contribution in [-0.2, 0) is 0 Å². The predicted molar refractivity (Wildman–Crippen MR) is 67.6 cm³/mol. The van der Waals surface area contributed by atoms with E-state index in [-0.39, 0.29) is 6.04 Å². The van der Waals surface area contributed by atoms with Gasteiger partial charge in [0.1, 0.15) is 11.8 Å². The van der Waals surface area contributed by atoms with Crippen LogP contribution in [0.15, 0.2) is 40.3 Å². The van der Waals surface area contributed by atoms with Crippen LogP contribution in [0.4, 0.5) is 0 Å². The van der Waals surface area contributed by atoms with Gasteiger partial charge >= 0.3 is 0 Å². The minimum absolute atomic E-state index is 0.0559. The molecule has 0 saturated carbocycles. The van der Waals surface area contributed by atoms with Gasteiger partial charge in [0.05, 0.1) is 6.26 Å². The number of hydrogen-bond acceptors (Lipinski definition) is 5. The zero-order valence-electron chi connectivity index (χ0n) is 8.34. The fourth-order valence-corrected chi connectivity index (χ4v) is 3.88. The summed E-state index contributed by atoms with van der Waals surface area (Å²) < 4.78 is 7.98. The van der Waals surface area contributed by atoms with E-state index in [1.165, 1.54) is 14.3 Å². The van der Waals surface area contributed by atoms with Crippen LogP contribution < -0.4 is 11.3 Å². The van der Waals surface area contributed by atoms with E-state index in [9.17, 15) is 0 Å². The summed E-state index contributed by atoms with van der Waals surface area (Å²) >= 11 is 3.49. The molecule has 82 valence electrons. The van der Waals surface area contributed by atoms with Crippen molar-refractivity contribution in [1.82, 2.24) is 5.43 Å². The zero-order chi connectivity index (χ0) is 11.0. The summed E-state index contributed by atoms with van der Waals surface area (Å²) in [6.07, 6.45) is 1.66. The van der Waals surface area contributed by atoms with Crippen LogP contribution in [0.25, 0.3) is 9.40 Å². The minimum atomic E-state index is -0.0559. The maximum absolute atomic E-state index is 5.59. The minimum Gasteiger partial charge on any atom is -0.467 e. The van der Waals surface area contributed by atoms with Crippen molar-refractivity contribution in [3.05, 3.63) is 46.5 Å². The Morgan fingerprint density at radius 2 is 2.25 bits per heavy atom. The Morgan fingerprint density at radius 1 is 1.31 bits per heavy atom. The summed E-state index contributed by atoms with van der Waals surface area (Å²) in [7, 11) is 0. The van der Waals surface area contributed by atoms with E-state index < -0.39 is 0 Å². The highest BCUT2D eigenvalue weighted by molar-refractivity contribution is 7.26. The molecule has 0 radical (unpaired) electrons. The Morgan fingerprint density at radius 3 is 2.94 bits per heavy atom. The van der Waals surface area contributed by atoms with Crippen LogP contribution in [0.2, 0.25) is 0 Å². The van der Waals surface area contributed by atoms with Gasteiger partial charge in [0.25, 0.3) is 0 Å². The van der Waals surface area contributed by atoms with Gasteiger partial charge in [-0.1, -0.05) is 0 Å². The van der Waals surface area contributed by atoms with Crippen LogP contribution in [0, 0.1) is 0 Å². The molecule has 0 saturated heterocycles. The van der Waals surface area contributed by atoms with Crippen molar-refractivity contribution in [2.24, 2.45) is 5.84 Å². The second kappa shape index (κ2) is 4.03. The fraction of sp³-hybridized carbons (Fsp3) is 0.0909. The van der Waals surface area contributed by atoms with Crippen LogP contribution in [-0.4, -0.2) is 0 Å². The molecule has 3 rings (SSSR count). The van der Waals surface area contributed by atoms with Crippen molar-refractivity contribution >= 4 is 32.1 Å². The molecule has 0 bridgehead atoms. The van der Waals surface area contributed by atoms with Gasteiger partial charge in [0, 0.05) is 14.3 Å². The molecule has 0 aliphatic carbocycles. The quantitative estimate of drug-likeness (QED) is 0.554. The molecule has 0 aliphatic heterocycles. The molecule has 0 amide bonds. The molecule has 3 nitrogen and oxygen atoms in total. The number of thiophene rings is 2. The van der Waals surface area contributed by atoms with Crippen LogP contribution in [0.1, 0.15) is 16.7 Å². The highest BCUT2D eigenvalue weighted by atomic mass is 32.1. The molecule has 0 aliphatic rings. The molecule has 5 heteroatoms. The topological polar surface area (TPSA) is 51.2 Å². The van der Waals surface area contributed by atoms with Gasteiger partial charge in [0.2, 0.25) is 0 Å². The lowest BCUT2D eigenvalue weighted by Crippen LogP contribution is -2.27. The maximum Gasteiger partial charge on any atom is 0.127 e. The molecule has 3 aromatic heterocycles. The second-order valence-corrected chi connectivity index (χ2v) is 5.48. The molecule has 0 aromatic carbocycles. The third-order valence-electron chi connectivity index (χ3n) is 2.44. The molecule has 3 N–H and O–H groups in total. The Hall–Kier alpha value is -1.14. The molecule has 0 spiro atoms. The Balaban J connectivity index is 2.04. The summed E-state index contributed by atoms with van der Waals surface area (Å²) in [6, 6.07) is 8.04. The molecular weight excluding hydrogens is 240 g/mol. The molecular formula is C11H10N2OS2. The van der Waals surface area contributed by atoms with Gasteiger partial charge in [-0.2, -0.15) is 0 Å². The van der Waals surface area contributed by atoms with E-state index in [1.807, 2.05) is 12.1 Å². The summed E-state index contributed by atoms with van der Waals surface area (Å²) in [5.74, 6) is 6.43. The van der Waals surface area contributed by atoms with E-state index in [1.54, 1.807) is 28.9 Å². The number of nitrogens with one attached hydrogen (secondary N) is 1. The second-order valence-electron chi connectivity index (χ2n) is 3.41. The monoisotopic (exact) mass is 250 g/mol. The maximum atomic E-state index is 5.59. The van der Waals surface area contributed by atoms with Gasteiger partial charge < -0.3 is 4.42 Å². The van der Waals surface area contributed by atoms with Gasteiger partial charge in [-0.05, 0) is 29.6 Å². The van der Waals surface area contributed by atoms with Crippen LogP contribution >= 0.6 is 22.7 Å². The van der Waals surface area contributed by atoms with E-state index in [0.29, 0.717) is 0 Å². The van der Waals surface area contributed by atoms with E-state index >= 15 is 0 Å². The third kappa shape index (κ3) is 1.58. The van der Waals surface area contributed by atoms with Crippen molar-refractivity contribution in [2.45, 2.75) is 6.04 Å². The SMILES string of the molecule is NNC(c1ccco1)c1cc2sccc2s1. The summed E-state index contributed by atoms with van der Waals surface area (Å²) in [4.78, 5) is 1.18. The van der Waals surface area contributed by atoms with Gasteiger partial charge in [-0.15, -0.1) is 22.7 Å². The van der Waals surface area contributed by atoms with Crippen molar-refractivity contribution < 1.29 is 4.42 Å². The van der Waals surface area contributed by atoms with Gasteiger partial charge in [-0.25, -0.2) is 5.43 Å². The van der Waals surface area contributed by atoms with Gasteiger partial charge in [0.15, 0.2) is 0 Å². The lowest BCUT2D eigenvalue weighted by molar-refractivity contribution is 0.455. The zero-order valence-corrected chi connectivity index (χ0v) is 9.98. The molecule has 3 heterocycles. The lowest BCUT2D eigenvalue weighted by atomic mass is 10.2. The van der Waals surface area contributed by atoms with E-state index in [2.05, 4.69) is 22.9 Å². The normalized spacial score (nSPS) is 13.3. The Labute approximate surface area is 100 Å². The molecule has 1 unspecified atom stereocenters. The summed E-state index contributed by atoms with van der Waals surface area (Å²) in [5, 5.41) is 2.10. The first kappa shape index (κ1) is 10.0. The number of hydrazine groups is 1. The van der Waals surface area contributed by atoms with Crippen molar-refractivity contribution in [3.8, 4) is 0 Å². The third-order valence-corrected chi connectivity index (χ3v) is 4.60. The predicted octanol–water partition coefficient (Wildman–Crippen LogP) is 3.11. The summed E-state index contributed by atoms with van der Waals surface area (Å²) in [6.45, 7) is 0. The van der Waals surface area contributed by atoms with Crippen molar-refractivity contribution in [1.29, 1.82) is 0 Å². The summed E-state index contributed by atoms with van der Waals surface area (Å²) in [5.41, 5.74) is 2.79. The molecule has 1 atom stereocenters. The first-order chi connectivity index (χ1) is 7.88. The van der Waals surface area contributed by atoms with Crippen LogP contribution in [0.5, 0.6) is 0 Å². The van der Waals surface area contributed by atoms with Crippen molar-refractivity contribution in [3.63, 3.8) is 0 Å². The average molecular weight is 250 g/mol. The number of hydrogen-bond donors (Lipinski definition) is 2. The van der Waals surface area contributed by atoms with Crippen molar-refractivity contribution in [2.75, 3.05) is 0 Å². The number of nitrogens with two attached hydrogens (primary N) is 1. The highest BCUT2D eigenvalue weighted by Gasteiger charge is 2.17. The Bertz CT molecular complexity index is 553. The first-order valence-electron chi connectivity index (χ1n) is 4.85. The smallest absolute Gasteiger partial charge is 0.127 e. The highest BCUT2D eigenvalue weighted by Crippen LogP contribution is 2.35. The number of furan rings is 1. The molecule has 16 heavy (non-hydrogen) atoms. The van der Waals surface area contributed by atoms with Gasteiger partial charge in [-0.3, -0.25) is 5.84 Å². The number of rotatable bonds is 3. The number of fused-ring (bicyclic) bond motifs is 1. The fourth-order valence-electron chi connectivity index (χ4n) is 1.69. The standard InChI is InChI=1S/C11H10N2OS2/c12-13-11(7-2-1-4-14-7)10-6-9-8(16-10)3-5-15-9/h1-6,11,13H,12H2. The van der Waals surface area contributed by atoms with Crippen LogP contribution in [0.3, 0.4) is 0 Å². The largest absolute Gasteiger partial charge is 0.467 e. The Kier molecular flexibility index (Phi) is 2.53.